The van der Waals surface area contributed by atoms with Gasteiger partial charge in [0.1, 0.15) is 5.00 Å². The van der Waals surface area contributed by atoms with Crippen molar-refractivity contribution in [3.05, 3.63) is 16.5 Å². The van der Waals surface area contributed by atoms with Gasteiger partial charge in [0.15, 0.2) is 0 Å². The van der Waals surface area contributed by atoms with E-state index >= 15 is 0 Å². The zero-order chi connectivity index (χ0) is 9.42. The lowest BCUT2D eigenvalue weighted by Crippen LogP contribution is -2.01. The van der Waals surface area contributed by atoms with Crippen molar-refractivity contribution >= 4 is 22.3 Å². The number of nitrogen functional groups attached to an aromatic ring is 1. The van der Waals surface area contributed by atoms with Crippen molar-refractivity contribution in [1.29, 1.82) is 0 Å². The zero-order valence-corrected chi connectivity index (χ0v) is 8.19. The Labute approximate surface area is 80.5 Å². The molecule has 2 N–H and O–H groups in total. The van der Waals surface area contributed by atoms with Gasteiger partial charge in [0.2, 0.25) is 0 Å². The number of hydrogen-bond acceptors (Lipinski definition) is 4. The molecule has 70 valence electrons. The van der Waals surface area contributed by atoms with Gasteiger partial charge in [0.05, 0.1) is 12.7 Å². The van der Waals surface area contributed by atoms with Crippen molar-refractivity contribution in [2.75, 3.05) is 12.8 Å². The monoisotopic (exact) mass is 197 g/mol. The molecular formula is C9H11NO2S. The van der Waals surface area contributed by atoms with Gasteiger partial charge in [-0.2, -0.15) is 0 Å². The van der Waals surface area contributed by atoms with Crippen LogP contribution in [0.5, 0.6) is 0 Å². The first kappa shape index (κ1) is 8.56. The van der Waals surface area contributed by atoms with E-state index in [1.165, 1.54) is 36.2 Å². The average molecular weight is 197 g/mol. The summed E-state index contributed by atoms with van der Waals surface area (Å²) in [4.78, 5) is 12.4. The molecule has 0 spiro atoms. The molecule has 13 heavy (non-hydrogen) atoms. The SMILES string of the molecule is COC(=O)c1cc(C2CC2)sc1N. The molecule has 0 aliphatic heterocycles. The normalized spacial score (nSPS) is 15.8. The van der Waals surface area contributed by atoms with Crippen LogP contribution in [-0.2, 0) is 4.74 Å². The number of rotatable bonds is 2. The standard InChI is InChI=1S/C9H11NO2S/c1-12-9(11)6-4-7(5-2-3-5)13-8(6)10/h4-5H,2-3,10H2,1H3. The summed E-state index contributed by atoms with van der Waals surface area (Å²) < 4.78 is 4.62. The largest absolute Gasteiger partial charge is 0.465 e. The van der Waals surface area contributed by atoms with E-state index in [1.54, 1.807) is 0 Å². The Hall–Kier alpha value is -1.03. The smallest absolute Gasteiger partial charge is 0.340 e. The van der Waals surface area contributed by atoms with Crippen LogP contribution in [0.25, 0.3) is 0 Å². The molecule has 0 radical (unpaired) electrons. The van der Waals surface area contributed by atoms with Crippen LogP contribution in [0.4, 0.5) is 5.00 Å². The molecule has 3 nitrogen and oxygen atoms in total. The third kappa shape index (κ3) is 1.54. The first-order chi connectivity index (χ1) is 6.22. The molecule has 1 aromatic heterocycles. The number of hydrogen-bond donors (Lipinski definition) is 1. The molecule has 0 aromatic carbocycles. The van der Waals surface area contributed by atoms with Gasteiger partial charge >= 0.3 is 5.97 Å². The van der Waals surface area contributed by atoms with Gasteiger partial charge in [-0.05, 0) is 24.8 Å². The summed E-state index contributed by atoms with van der Waals surface area (Å²) in [5, 5.41) is 0.578. The molecule has 1 aliphatic carbocycles. The van der Waals surface area contributed by atoms with Crippen LogP contribution in [0, 0.1) is 0 Å². The van der Waals surface area contributed by atoms with Crippen LogP contribution in [0.15, 0.2) is 6.07 Å². The molecule has 2 rings (SSSR count). The first-order valence-electron chi connectivity index (χ1n) is 4.20. The van der Waals surface area contributed by atoms with Gasteiger partial charge in [-0.15, -0.1) is 11.3 Å². The Morgan fingerprint density at radius 2 is 2.38 bits per heavy atom. The molecule has 1 saturated carbocycles. The van der Waals surface area contributed by atoms with Crippen LogP contribution in [-0.4, -0.2) is 13.1 Å². The number of methoxy groups -OCH3 is 1. The fourth-order valence-corrected chi connectivity index (χ4v) is 2.35. The molecule has 0 atom stereocenters. The molecule has 1 heterocycles. The minimum absolute atomic E-state index is 0.333. The van der Waals surface area contributed by atoms with Gasteiger partial charge in [-0.3, -0.25) is 0 Å². The molecular weight excluding hydrogens is 186 g/mol. The van der Waals surface area contributed by atoms with E-state index in [0.717, 1.165) is 0 Å². The summed E-state index contributed by atoms with van der Waals surface area (Å²) in [7, 11) is 1.37. The Morgan fingerprint density at radius 3 is 2.92 bits per heavy atom. The van der Waals surface area contributed by atoms with E-state index in [-0.39, 0.29) is 5.97 Å². The Balaban J connectivity index is 2.29. The average Bonchev–Trinajstić information content (AvgIpc) is 2.89. The highest BCUT2D eigenvalue weighted by molar-refractivity contribution is 7.16. The summed E-state index contributed by atoms with van der Waals surface area (Å²) >= 11 is 1.51. The number of nitrogens with two attached hydrogens (primary N) is 1. The van der Waals surface area contributed by atoms with Gasteiger partial charge in [-0.25, -0.2) is 4.79 Å². The predicted molar refractivity (Wildman–Crippen MR) is 52.0 cm³/mol. The van der Waals surface area contributed by atoms with E-state index in [9.17, 15) is 4.79 Å². The van der Waals surface area contributed by atoms with Crippen molar-refractivity contribution in [2.24, 2.45) is 0 Å². The summed E-state index contributed by atoms with van der Waals surface area (Å²) in [5.41, 5.74) is 6.22. The van der Waals surface area contributed by atoms with Gasteiger partial charge in [-0.1, -0.05) is 0 Å². The van der Waals surface area contributed by atoms with E-state index in [4.69, 9.17) is 5.73 Å². The molecule has 1 fully saturated rings. The van der Waals surface area contributed by atoms with Crippen LogP contribution in [0.2, 0.25) is 0 Å². The highest BCUT2D eigenvalue weighted by Crippen LogP contribution is 2.45. The van der Waals surface area contributed by atoms with E-state index < -0.39 is 0 Å². The molecule has 4 heteroatoms. The van der Waals surface area contributed by atoms with Gasteiger partial charge in [0.25, 0.3) is 0 Å². The minimum Gasteiger partial charge on any atom is -0.465 e. The Bertz CT molecular complexity index is 341. The summed E-state index contributed by atoms with van der Waals surface area (Å²) in [6.45, 7) is 0. The van der Waals surface area contributed by atoms with Crippen LogP contribution in [0.1, 0.15) is 34.0 Å². The maximum atomic E-state index is 11.2. The lowest BCUT2D eigenvalue weighted by atomic mass is 10.2. The zero-order valence-electron chi connectivity index (χ0n) is 7.37. The van der Waals surface area contributed by atoms with Crippen LogP contribution < -0.4 is 5.73 Å². The highest BCUT2D eigenvalue weighted by atomic mass is 32.1. The second-order valence-corrected chi connectivity index (χ2v) is 4.31. The minimum atomic E-state index is -0.333. The van der Waals surface area contributed by atoms with Crippen LogP contribution >= 0.6 is 11.3 Å². The Morgan fingerprint density at radius 1 is 1.69 bits per heavy atom. The predicted octanol–water partition coefficient (Wildman–Crippen LogP) is 1.99. The quantitative estimate of drug-likeness (QED) is 0.738. The second-order valence-electron chi connectivity index (χ2n) is 3.19. The number of esters is 1. The topological polar surface area (TPSA) is 52.3 Å². The fraction of sp³-hybridized carbons (Fsp3) is 0.444. The number of carbonyl (C=O) groups excluding carboxylic acids is 1. The van der Waals surface area contributed by atoms with Crippen molar-refractivity contribution in [1.82, 2.24) is 0 Å². The third-order valence-electron chi connectivity index (χ3n) is 2.16. The fourth-order valence-electron chi connectivity index (χ4n) is 1.26. The maximum absolute atomic E-state index is 11.2. The van der Waals surface area contributed by atoms with Crippen molar-refractivity contribution in [3.8, 4) is 0 Å². The van der Waals surface area contributed by atoms with Gasteiger partial charge < -0.3 is 10.5 Å². The summed E-state index contributed by atoms with van der Waals surface area (Å²) in [6, 6.07) is 1.86. The summed E-state index contributed by atoms with van der Waals surface area (Å²) in [6.07, 6.45) is 2.45. The van der Waals surface area contributed by atoms with Crippen molar-refractivity contribution in [3.63, 3.8) is 0 Å². The van der Waals surface area contributed by atoms with E-state index in [2.05, 4.69) is 4.74 Å². The molecule has 0 unspecified atom stereocenters. The summed E-state index contributed by atoms with van der Waals surface area (Å²) in [5.74, 6) is 0.311. The molecule has 1 aliphatic rings. The van der Waals surface area contributed by atoms with Gasteiger partial charge in [0, 0.05) is 4.88 Å². The molecule has 1 aromatic rings. The molecule has 0 amide bonds. The molecule has 0 saturated heterocycles. The number of carbonyl (C=O) groups is 1. The van der Waals surface area contributed by atoms with Crippen molar-refractivity contribution < 1.29 is 9.53 Å². The maximum Gasteiger partial charge on any atom is 0.340 e. The second kappa shape index (κ2) is 3.03. The number of anilines is 1. The van der Waals surface area contributed by atoms with Crippen molar-refractivity contribution in [2.45, 2.75) is 18.8 Å². The van der Waals surface area contributed by atoms with Crippen LogP contribution in [0.3, 0.4) is 0 Å². The molecule has 0 bridgehead atoms. The Kier molecular flexibility index (Phi) is 2.00. The lowest BCUT2D eigenvalue weighted by Gasteiger charge is -1.94. The lowest BCUT2D eigenvalue weighted by molar-refractivity contribution is 0.0602. The third-order valence-corrected chi connectivity index (χ3v) is 3.29. The number of ether oxygens (including phenoxy) is 1. The van der Waals surface area contributed by atoms with E-state index in [0.29, 0.717) is 16.5 Å². The number of thiophene rings is 1. The first-order valence-corrected chi connectivity index (χ1v) is 5.01. The highest BCUT2D eigenvalue weighted by Gasteiger charge is 2.27. The van der Waals surface area contributed by atoms with E-state index in [1.807, 2.05) is 6.07 Å².